The molecule has 2 atom stereocenters. The van der Waals surface area contributed by atoms with E-state index in [9.17, 15) is 22.8 Å². The van der Waals surface area contributed by atoms with Crippen molar-refractivity contribution in [2.75, 3.05) is 26.7 Å². The molecule has 1 heterocycles. The molecule has 1 aliphatic heterocycles. The Bertz CT molecular complexity index is 775. The fourth-order valence-electron chi connectivity index (χ4n) is 4.62. The van der Waals surface area contributed by atoms with E-state index in [4.69, 9.17) is 4.74 Å². The van der Waals surface area contributed by atoms with E-state index in [2.05, 4.69) is 5.32 Å². The predicted octanol–water partition coefficient (Wildman–Crippen LogP) is 3.57. The Kier molecular flexibility index (Phi) is 6.75. The van der Waals surface area contributed by atoms with Gasteiger partial charge in [0.1, 0.15) is 0 Å². The van der Waals surface area contributed by atoms with Crippen LogP contribution < -0.4 is 5.32 Å². The second kappa shape index (κ2) is 8.96. The number of alkyl halides is 3. The summed E-state index contributed by atoms with van der Waals surface area (Å²) in [6.07, 6.45) is -1.64. The zero-order valence-electron chi connectivity index (χ0n) is 17.4. The number of piperidine rings is 1. The lowest BCUT2D eigenvalue weighted by molar-refractivity contribution is -0.188. The number of benzene rings is 1. The number of rotatable bonds is 7. The average molecular weight is 426 g/mol. The van der Waals surface area contributed by atoms with Crippen LogP contribution in [0.25, 0.3) is 0 Å². The van der Waals surface area contributed by atoms with Crippen LogP contribution in [0.4, 0.5) is 13.2 Å². The standard InChI is InChI=1S/C22H29F3N2O3/c1-3-16-12-18(16)27(20(29)22(23,24)25)14-21(7-9-26-10-8-21)13-15-5-4-6-17(11-15)19(28)30-2/h4-6,11,16,18,26H,3,7-10,12-14H2,1-2H3/t16?,18-/m1/s1. The number of hydrogen-bond acceptors (Lipinski definition) is 4. The third-order valence-corrected chi connectivity index (χ3v) is 6.41. The number of esters is 1. The molecule has 0 radical (unpaired) electrons. The van der Waals surface area contributed by atoms with E-state index < -0.39 is 23.5 Å². The highest BCUT2D eigenvalue weighted by atomic mass is 19.4. The fourth-order valence-corrected chi connectivity index (χ4v) is 4.62. The summed E-state index contributed by atoms with van der Waals surface area (Å²) >= 11 is 0. The molecule has 1 N–H and O–H groups in total. The largest absolute Gasteiger partial charge is 0.471 e. The normalized spacial score (nSPS) is 23.0. The van der Waals surface area contributed by atoms with Crippen molar-refractivity contribution in [3.63, 3.8) is 0 Å². The van der Waals surface area contributed by atoms with Gasteiger partial charge >= 0.3 is 18.1 Å². The molecule has 3 rings (SSSR count). The Labute approximate surface area is 175 Å². The van der Waals surface area contributed by atoms with E-state index in [0.29, 0.717) is 44.3 Å². The molecule has 8 heteroatoms. The van der Waals surface area contributed by atoms with E-state index in [-0.39, 0.29) is 18.5 Å². The number of hydrogen-bond donors (Lipinski definition) is 1. The Balaban J connectivity index is 1.87. The van der Waals surface area contributed by atoms with Crippen LogP contribution in [-0.2, 0) is 16.0 Å². The second-order valence-electron chi connectivity index (χ2n) is 8.52. The minimum absolute atomic E-state index is 0.0800. The summed E-state index contributed by atoms with van der Waals surface area (Å²) in [6.45, 7) is 3.40. The third-order valence-electron chi connectivity index (χ3n) is 6.41. The molecule has 2 aliphatic rings. The summed E-state index contributed by atoms with van der Waals surface area (Å²) in [7, 11) is 1.31. The summed E-state index contributed by atoms with van der Waals surface area (Å²) in [4.78, 5) is 25.2. The minimum atomic E-state index is -4.88. The van der Waals surface area contributed by atoms with Crippen LogP contribution >= 0.6 is 0 Å². The molecule has 5 nitrogen and oxygen atoms in total. The minimum Gasteiger partial charge on any atom is -0.465 e. The highest BCUT2D eigenvalue weighted by Crippen LogP contribution is 2.44. The number of halogens is 3. The summed E-state index contributed by atoms with van der Waals surface area (Å²) in [5.74, 6) is -2.05. The highest BCUT2D eigenvalue weighted by Gasteiger charge is 2.52. The van der Waals surface area contributed by atoms with Gasteiger partial charge in [0.2, 0.25) is 0 Å². The van der Waals surface area contributed by atoms with Gasteiger partial charge in [0.15, 0.2) is 0 Å². The Hall–Kier alpha value is -2.09. The molecule has 166 valence electrons. The molecule has 1 saturated heterocycles. The summed E-state index contributed by atoms with van der Waals surface area (Å²) < 4.78 is 44.8. The second-order valence-corrected chi connectivity index (χ2v) is 8.52. The van der Waals surface area contributed by atoms with Crippen molar-refractivity contribution in [1.29, 1.82) is 0 Å². The molecule has 1 unspecified atom stereocenters. The molecule has 0 spiro atoms. The lowest BCUT2D eigenvalue weighted by Crippen LogP contribution is -2.52. The predicted molar refractivity (Wildman–Crippen MR) is 106 cm³/mol. The van der Waals surface area contributed by atoms with E-state index >= 15 is 0 Å². The molecular formula is C22H29F3N2O3. The molecule has 1 aliphatic carbocycles. The zero-order chi connectivity index (χ0) is 21.9. The van der Waals surface area contributed by atoms with Crippen molar-refractivity contribution in [3.8, 4) is 0 Å². The number of nitrogens with zero attached hydrogens (tertiary/aromatic N) is 1. The maximum absolute atomic E-state index is 13.4. The lowest BCUT2D eigenvalue weighted by atomic mass is 9.73. The maximum Gasteiger partial charge on any atom is 0.471 e. The Morgan fingerprint density at radius 1 is 1.27 bits per heavy atom. The molecule has 0 aromatic heterocycles. The molecular weight excluding hydrogens is 397 g/mol. The van der Waals surface area contributed by atoms with E-state index in [1.165, 1.54) is 7.11 Å². The van der Waals surface area contributed by atoms with Crippen molar-refractivity contribution < 1.29 is 27.5 Å². The van der Waals surface area contributed by atoms with E-state index in [1.54, 1.807) is 18.2 Å². The van der Waals surface area contributed by atoms with Gasteiger partial charge in [-0.15, -0.1) is 0 Å². The third kappa shape index (κ3) is 5.14. The van der Waals surface area contributed by atoms with E-state index in [1.807, 2.05) is 13.0 Å². The van der Waals surface area contributed by atoms with Crippen LogP contribution in [-0.4, -0.2) is 55.7 Å². The summed E-state index contributed by atoms with van der Waals surface area (Å²) in [5, 5.41) is 3.26. The monoisotopic (exact) mass is 426 g/mol. The van der Waals surface area contributed by atoms with Gasteiger partial charge in [0, 0.05) is 12.6 Å². The highest BCUT2D eigenvalue weighted by molar-refractivity contribution is 5.89. The van der Waals surface area contributed by atoms with Gasteiger partial charge in [-0.1, -0.05) is 25.5 Å². The van der Waals surface area contributed by atoms with E-state index in [0.717, 1.165) is 16.9 Å². The smallest absolute Gasteiger partial charge is 0.465 e. The number of ether oxygens (including phenoxy) is 1. The van der Waals surface area contributed by atoms with Gasteiger partial charge in [-0.2, -0.15) is 13.2 Å². The molecule has 1 amide bonds. The first-order chi connectivity index (χ1) is 14.2. The van der Waals surface area contributed by atoms with Crippen LogP contribution in [0.1, 0.15) is 48.5 Å². The molecule has 2 fully saturated rings. The zero-order valence-corrected chi connectivity index (χ0v) is 17.4. The molecule has 30 heavy (non-hydrogen) atoms. The van der Waals surface area contributed by atoms with Crippen LogP contribution in [0.3, 0.4) is 0 Å². The first kappa shape index (κ1) is 22.6. The molecule has 1 aromatic rings. The lowest BCUT2D eigenvalue weighted by Gasteiger charge is -2.42. The average Bonchev–Trinajstić information content (AvgIpc) is 3.51. The number of methoxy groups -OCH3 is 1. The first-order valence-corrected chi connectivity index (χ1v) is 10.4. The van der Waals surface area contributed by atoms with Crippen LogP contribution in [0.2, 0.25) is 0 Å². The summed E-state index contributed by atoms with van der Waals surface area (Å²) in [6, 6.07) is 6.68. The van der Waals surface area contributed by atoms with Gasteiger partial charge in [-0.3, -0.25) is 4.79 Å². The van der Waals surface area contributed by atoms with Crippen molar-refractivity contribution in [2.45, 2.75) is 51.2 Å². The van der Waals surface area contributed by atoms with Crippen LogP contribution in [0.5, 0.6) is 0 Å². The van der Waals surface area contributed by atoms with Gasteiger partial charge in [-0.25, -0.2) is 4.79 Å². The molecule has 0 bridgehead atoms. The number of nitrogens with one attached hydrogen (secondary N) is 1. The van der Waals surface area contributed by atoms with Gasteiger partial charge in [0.25, 0.3) is 0 Å². The first-order valence-electron chi connectivity index (χ1n) is 10.4. The Morgan fingerprint density at radius 2 is 1.97 bits per heavy atom. The van der Waals surface area contributed by atoms with Crippen molar-refractivity contribution in [2.24, 2.45) is 11.3 Å². The summed E-state index contributed by atoms with van der Waals surface area (Å²) in [5.41, 5.74) is 0.805. The van der Waals surface area contributed by atoms with Crippen LogP contribution in [0.15, 0.2) is 24.3 Å². The SMILES string of the molecule is CCC1C[C@H]1N(CC1(Cc2cccc(C(=O)OC)c2)CCNCC1)C(=O)C(F)(F)F. The number of carbonyl (C=O) groups is 2. The van der Waals surface area contributed by atoms with Crippen molar-refractivity contribution in [1.82, 2.24) is 10.2 Å². The van der Waals surface area contributed by atoms with Crippen molar-refractivity contribution >= 4 is 11.9 Å². The van der Waals surface area contributed by atoms with Gasteiger partial charge in [0.05, 0.1) is 12.7 Å². The quantitative estimate of drug-likeness (QED) is 0.678. The topological polar surface area (TPSA) is 58.6 Å². The fraction of sp³-hybridized carbons (Fsp3) is 0.636. The van der Waals surface area contributed by atoms with Gasteiger partial charge in [-0.05, 0) is 67.8 Å². The molecule has 1 aromatic carbocycles. The maximum atomic E-state index is 13.4. The van der Waals surface area contributed by atoms with Crippen LogP contribution in [0, 0.1) is 11.3 Å². The van der Waals surface area contributed by atoms with Gasteiger partial charge < -0.3 is 15.0 Å². The number of amides is 1. The number of carbonyl (C=O) groups excluding carboxylic acids is 2. The Morgan fingerprint density at radius 3 is 2.53 bits per heavy atom. The molecule has 1 saturated carbocycles. The van der Waals surface area contributed by atoms with Crippen molar-refractivity contribution in [3.05, 3.63) is 35.4 Å².